The first kappa shape index (κ1) is 32.7. The molecule has 0 radical (unpaired) electrons. The van der Waals surface area contributed by atoms with Gasteiger partial charge >= 0.3 is 0 Å². The number of furan rings is 1. The van der Waals surface area contributed by atoms with Gasteiger partial charge in [-0.2, -0.15) is 0 Å². The minimum atomic E-state index is 0.578. The first-order chi connectivity index (χ1) is 28.3. The van der Waals surface area contributed by atoms with Gasteiger partial charge in [-0.15, -0.1) is 0 Å². The Bertz CT molecular complexity index is 3270. The maximum atomic E-state index is 7.14. The van der Waals surface area contributed by atoms with E-state index >= 15 is 0 Å². The molecule has 0 saturated heterocycles. The maximum Gasteiger partial charge on any atom is 0.164 e. The van der Waals surface area contributed by atoms with E-state index in [1.165, 1.54) is 5.39 Å². The van der Waals surface area contributed by atoms with Crippen molar-refractivity contribution in [2.75, 3.05) is 0 Å². The highest BCUT2D eigenvalue weighted by Crippen LogP contribution is 2.46. The minimum Gasteiger partial charge on any atom is -0.455 e. The molecule has 4 nitrogen and oxygen atoms in total. The summed E-state index contributed by atoms with van der Waals surface area (Å²) in [5.41, 5.74) is 10.8. The Kier molecular flexibility index (Phi) is 7.78. The largest absolute Gasteiger partial charge is 0.455 e. The topological polar surface area (TPSA) is 51.8 Å². The monoisotopic (exact) mass is 727 g/mol. The molecular weight excluding hydrogens is 695 g/mol. The third-order valence-corrected chi connectivity index (χ3v) is 10.9. The third-order valence-electron chi connectivity index (χ3n) is 10.9. The van der Waals surface area contributed by atoms with Crippen LogP contribution in [-0.2, 0) is 0 Å². The van der Waals surface area contributed by atoms with Crippen LogP contribution < -0.4 is 0 Å². The summed E-state index contributed by atoms with van der Waals surface area (Å²) in [6, 6.07) is 69.7. The van der Waals surface area contributed by atoms with Crippen LogP contribution in [0.15, 0.2) is 205 Å². The van der Waals surface area contributed by atoms with Crippen molar-refractivity contribution in [1.29, 1.82) is 0 Å². The molecule has 0 aliphatic carbocycles. The van der Waals surface area contributed by atoms with Crippen LogP contribution in [0.25, 0.3) is 111 Å². The summed E-state index contributed by atoms with van der Waals surface area (Å²) in [6.07, 6.45) is 0. The highest BCUT2D eigenvalue weighted by Gasteiger charge is 2.24. The van der Waals surface area contributed by atoms with E-state index in [4.69, 9.17) is 19.4 Å². The second-order valence-electron chi connectivity index (χ2n) is 14.3. The van der Waals surface area contributed by atoms with Crippen LogP contribution in [0.5, 0.6) is 0 Å². The summed E-state index contributed by atoms with van der Waals surface area (Å²) < 4.78 is 7.14. The van der Waals surface area contributed by atoms with Gasteiger partial charge in [-0.1, -0.05) is 170 Å². The van der Waals surface area contributed by atoms with Crippen molar-refractivity contribution in [3.63, 3.8) is 0 Å². The van der Waals surface area contributed by atoms with Gasteiger partial charge in [0.2, 0.25) is 0 Å². The molecule has 0 spiro atoms. The van der Waals surface area contributed by atoms with Crippen LogP contribution in [0.3, 0.4) is 0 Å². The van der Waals surface area contributed by atoms with Crippen LogP contribution >= 0.6 is 0 Å². The summed E-state index contributed by atoms with van der Waals surface area (Å²) in [7, 11) is 0. The molecule has 0 saturated carbocycles. The van der Waals surface area contributed by atoms with Gasteiger partial charge in [-0.25, -0.2) is 15.0 Å². The molecule has 0 unspecified atom stereocenters. The summed E-state index contributed by atoms with van der Waals surface area (Å²) in [5.74, 6) is 1.80. The molecule has 0 atom stereocenters. The SMILES string of the molecule is c1ccc(-c2cc(-c3ccccc3)c3oc4c(-c5ccccc5)ccc(-c5nc(-c6ccccc6)nc(-c6cc7ccccc7c7ccccc67)n5)c4c3c2)cc1. The van der Waals surface area contributed by atoms with Gasteiger partial charge in [-0.05, 0) is 74.1 Å². The molecule has 0 amide bonds. The molecule has 11 rings (SSSR count). The first-order valence-corrected chi connectivity index (χ1v) is 19.2. The third kappa shape index (κ3) is 5.66. The molecule has 2 aromatic heterocycles. The fourth-order valence-corrected chi connectivity index (χ4v) is 8.22. The van der Waals surface area contributed by atoms with Crippen molar-refractivity contribution in [3.8, 4) is 67.5 Å². The molecular formula is C53H33N3O. The average molecular weight is 728 g/mol. The second-order valence-corrected chi connectivity index (χ2v) is 14.3. The van der Waals surface area contributed by atoms with Crippen molar-refractivity contribution >= 4 is 43.5 Å². The highest BCUT2D eigenvalue weighted by atomic mass is 16.3. The van der Waals surface area contributed by atoms with E-state index in [0.29, 0.717) is 17.5 Å². The molecule has 11 aromatic rings. The Hall–Kier alpha value is -7.69. The van der Waals surface area contributed by atoms with Crippen molar-refractivity contribution in [2.45, 2.75) is 0 Å². The van der Waals surface area contributed by atoms with E-state index in [2.05, 4.69) is 170 Å². The van der Waals surface area contributed by atoms with E-state index in [1.807, 2.05) is 30.3 Å². The van der Waals surface area contributed by atoms with Gasteiger partial charge in [0, 0.05) is 38.6 Å². The van der Waals surface area contributed by atoms with Crippen LogP contribution in [0.4, 0.5) is 0 Å². The lowest BCUT2D eigenvalue weighted by molar-refractivity contribution is 0.671. The Morgan fingerprint density at radius 3 is 1.47 bits per heavy atom. The molecule has 266 valence electrons. The van der Waals surface area contributed by atoms with Gasteiger partial charge in [0.15, 0.2) is 17.5 Å². The zero-order chi connectivity index (χ0) is 37.7. The number of rotatable bonds is 6. The van der Waals surface area contributed by atoms with Crippen LogP contribution in [0, 0.1) is 0 Å². The van der Waals surface area contributed by atoms with Gasteiger partial charge in [-0.3, -0.25) is 0 Å². The summed E-state index contributed by atoms with van der Waals surface area (Å²) in [5, 5.41) is 6.53. The molecule has 9 aromatic carbocycles. The lowest BCUT2D eigenvalue weighted by Gasteiger charge is -2.13. The molecule has 0 aliphatic rings. The number of nitrogens with zero attached hydrogens (tertiary/aromatic N) is 3. The second kappa shape index (κ2) is 13.6. The quantitative estimate of drug-likeness (QED) is 0.160. The van der Waals surface area contributed by atoms with E-state index in [9.17, 15) is 0 Å². The van der Waals surface area contributed by atoms with Gasteiger partial charge in [0.1, 0.15) is 11.2 Å². The highest BCUT2D eigenvalue weighted by molar-refractivity contribution is 6.19. The Balaban J connectivity index is 1.26. The lowest BCUT2D eigenvalue weighted by atomic mass is 9.93. The van der Waals surface area contributed by atoms with Crippen molar-refractivity contribution in [1.82, 2.24) is 15.0 Å². The zero-order valence-electron chi connectivity index (χ0n) is 30.8. The van der Waals surface area contributed by atoms with Crippen LogP contribution in [0.2, 0.25) is 0 Å². The number of benzene rings is 9. The molecule has 0 aliphatic heterocycles. The fourth-order valence-electron chi connectivity index (χ4n) is 8.22. The first-order valence-electron chi connectivity index (χ1n) is 19.2. The molecule has 2 heterocycles. The van der Waals surface area contributed by atoms with Crippen LogP contribution in [-0.4, -0.2) is 15.0 Å². The Morgan fingerprint density at radius 2 is 0.789 bits per heavy atom. The predicted octanol–water partition coefficient (Wildman–Crippen LogP) is 14.1. The van der Waals surface area contributed by atoms with Crippen LogP contribution in [0.1, 0.15) is 0 Å². The zero-order valence-corrected chi connectivity index (χ0v) is 30.8. The standard InChI is InChI=1S/C53H33N3O/c1-5-17-34(18-6-1)39-32-45(36-21-9-3-10-22-36)49-47(33-39)48-44(30-29-41(50(48)57-49)35-19-7-2-8-20-35)52-54-51(37-23-11-4-12-24-37)55-53(56-52)46-31-38-25-13-14-26-40(38)42-27-15-16-28-43(42)46/h1-33H. The summed E-state index contributed by atoms with van der Waals surface area (Å²) in [4.78, 5) is 15.9. The Labute approximate surface area is 329 Å². The van der Waals surface area contributed by atoms with E-state index in [-0.39, 0.29) is 0 Å². The van der Waals surface area contributed by atoms with Crippen molar-refractivity contribution in [2.24, 2.45) is 0 Å². The minimum absolute atomic E-state index is 0.578. The molecule has 57 heavy (non-hydrogen) atoms. The smallest absolute Gasteiger partial charge is 0.164 e. The van der Waals surface area contributed by atoms with E-state index < -0.39 is 0 Å². The van der Waals surface area contributed by atoms with Gasteiger partial charge < -0.3 is 4.42 Å². The maximum absolute atomic E-state index is 7.14. The molecule has 0 fully saturated rings. The molecule has 0 N–H and O–H groups in total. The summed E-state index contributed by atoms with van der Waals surface area (Å²) >= 11 is 0. The average Bonchev–Trinajstić information content (AvgIpc) is 3.69. The van der Waals surface area contributed by atoms with Crippen molar-refractivity contribution < 1.29 is 4.42 Å². The van der Waals surface area contributed by atoms with Crippen molar-refractivity contribution in [3.05, 3.63) is 200 Å². The van der Waals surface area contributed by atoms with Gasteiger partial charge in [0.25, 0.3) is 0 Å². The molecule has 4 heteroatoms. The van der Waals surface area contributed by atoms with Gasteiger partial charge in [0.05, 0.1) is 0 Å². The Morgan fingerprint density at radius 1 is 0.281 bits per heavy atom. The predicted molar refractivity (Wildman–Crippen MR) is 235 cm³/mol. The normalized spacial score (nSPS) is 11.5. The lowest BCUT2D eigenvalue weighted by Crippen LogP contribution is -2.01. The van der Waals surface area contributed by atoms with E-state index in [1.54, 1.807) is 0 Å². The summed E-state index contributed by atoms with van der Waals surface area (Å²) in [6.45, 7) is 0. The molecule has 0 bridgehead atoms. The fraction of sp³-hybridized carbons (Fsp3) is 0. The number of fused-ring (bicyclic) bond motifs is 6. The number of aromatic nitrogens is 3. The van der Waals surface area contributed by atoms with E-state index in [0.717, 1.165) is 88.2 Å². The number of hydrogen-bond acceptors (Lipinski definition) is 4. The number of hydrogen-bond donors (Lipinski definition) is 0.